The van der Waals surface area contributed by atoms with E-state index < -0.39 is 0 Å². The summed E-state index contributed by atoms with van der Waals surface area (Å²) in [5, 5.41) is 3.34. The Labute approximate surface area is 159 Å². The lowest BCUT2D eigenvalue weighted by Gasteiger charge is -2.32. The number of aromatic nitrogens is 2. The first kappa shape index (κ1) is 20.8. The Balaban J connectivity index is 0.00000144. The molecule has 1 aliphatic rings. The number of benzene rings is 1. The second kappa shape index (κ2) is 9.32. The number of rotatable bonds is 5. The van der Waals surface area contributed by atoms with Gasteiger partial charge in [0.15, 0.2) is 0 Å². The summed E-state index contributed by atoms with van der Waals surface area (Å²) in [6.45, 7) is 0.717. The summed E-state index contributed by atoms with van der Waals surface area (Å²) in [7, 11) is 0. The first-order valence-electron chi connectivity index (χ1n) is 7.41. The molecular weight excluding hydrogens is 365 g/mol. The number of halogens is 2. The van der Waals surface area contributed by atoms with Gasteiger partial charge in [0.25, 0.3) is 0 Å². The molecule has 0 spiro atoms. The van der Waals surface area contributed by atoms with Crippen LogP contribution in [0.3, 0.4) is 0 Å². The zero-order chi connectivity index (χ0) is 15.5. The van der Waals surface area contributed by atoms with Crippen LogP contribution in [0, 0.1) is 0 Å². The molecule has 1 aliphatic carbocycles. The van der Waals surface area contributed by atoms with Crippen LogP contribution in [0.2, 0.25) is 0 Å². The van der Waals surface area contributed by atoms with Crippen LogP contribution in [-0.2, 0) is 6.54 Å². The van der Waals surface area contributed by atoms with Crippen LogP contribution in [0.4, 0.5) is 11.8 Å². The van der Waals surface area contributed by atoms with Crippen molar-refractivity contribution in [3.05, 3.63) is 41.6 Å². The molecule has 1 aromatic heterocycles. The average molecular weight is 388 g/mol. The van der Waals surface area contributed by atoms with Gasteiger partial charge in [0, 0.05) is 29.5 Å². The molecule has 132 valence electrons. The van der Waals surface area contributed by atoms with Gasteiger partial charge in [-0.2, -0.15) is 4.98 Å². The summed E-state index contributed by atoms with van der Waals surface area (Å²) in [6, 6.07) is 10.7. The lowest BCUT2D eigenvalue weighted by Crippen LogP contribution is -2.35. The number of hydrogen-bond acceptors (Lipinski definition) is 6. The third-order valence-corrected chi connectivity index (χ3v) is 4.69. The van der Waals surface area contributed by atoms with Crippen molar-refractivity contribution in [1.29, 1.82) is 0 Å². The van der Waals surface area contributed by atoms with E-state index in [1.165, 1.54) is 10.5 Å². The summed E-state index contributed by atoms with van der Waals surface area (Å²) in [5.41, 5.74) is 13.9. The molecule has 0 saturated heterocycles. The summed E-state index contributed by atoms with van der Waals surface area (Å²) >= 11 is 1.74. The van der Waals surface area contributed by atoms with Crippen molar-refractivity contribution in [2.45, 2.75) is 36.2 Å². The molecule has 2 aromatic rings. The van der Waals surface area contributed by atoms with Crippen molar-refractivity contribution in [3.8, 4) is 0 Å². The van der Waals surface area contributed by atoms with Gasteiger partial charge in [-0.15, -0.1) is 36.6 Å². The van der Waals surface area contributed by atoms with Crippen LogP contribution in [0.5, 0.6) is 0 Å². The third kappa shape index (κ3) is 5.14. The minimum absolute atomic E-state index is 0. The number of anilines is 2. The summed E-state index contributed by atoms with van der Waals surface area (Å²) in [6.07, 6.45) is 4.03. The van der Waals surface area contributed by atoms with Gasteiger partial charge in [0.2, 0.25) is 5.95 Å². The Morgan fingerprint density at radius 1 is 1.21 bits per heavy atom. The highest BCUT2D eigenvalue weighted by atomic mass is 35.5. The molecule has 24 heavy (non-hydrogen) atoms. The largest absolute Gasteiger partial charge is 0.368 e. The third-order valence-electron chi connectivity index (χ3n) is 3.96. The van der Waals surface area contributed by atoms with E-state index in [1.54, 1.807) is 11.8 Å². The lowest BCUT2D eigenvalue weighted by atomic mass is 9.78. The molecule has 0 amide bonds. The van der Waals surface area contributed by atoms with E-state index in [4.69, 9.17) is 11.5 Å². The van der Waals surface area contributed by atoms with Crippen LogP contribution in [0.25, 0.3) is 0 Å². The normalized spacial score (nSPS) is 18.8. The zero-order valence-corrected chi connectivity index (χ0v) is 15.9. The second-order valence-electron chi connectivity index (χ2n) is 5.67. The molecule has 1 heterocycles. The zero-order valence-electron chi connectivity index (χ0n) is 13.4. The van der Waals surface area contributed by atoms with E-state index in [1.807, 2.05) is 6.07 Å². The Morgan fingerprint density at radius 2 is 1.96 bits per heavy atom. The first-order chi connectivity index (χ1) is 10.6. The average Bonchev–Trinajstić information content (AvgIpc) is 2.49. The van der Waals surface area contributed by atoms with E-state index in [2.05, 4.69) is 45.8 Å². The standard InChI is InChI=1S/C16H21N5S.2ClH/c1-22-13-4-2-3-10(5-13)9-19-15-8-14(20-16(18)21-15)11-6-12(17)7-11;;/h2-5,8,11-12H,6-7,9,17H2,1H3,(H3,18,19,20,21);2*1H. The summed E-state index contributed by atoms with van der Waals surface area (Å²) in [4.78, 5) is 9.87. The predicted molar refractivity (Wildman–Crippen MR) is 106 cm³/mol. The second-order valence-corrected chi connectivity index (χ2v) is 6.55. The van der Waals surface area contributed by atoms with E-state index in [-0.39, 0.29) is 24.8 Å². The number of nitrogens with two attached hydrogens (primary N) is 2. The van der Waals surface area contributed by atoms with E-state index in [0.29, 0.717) is 24.5 Å². The van der Waals surface area contributed by atoms with E-state index in [9.17, 15) is 0 Å². The van der Waals surface area contributed by atoms with Crippen LogP contribution in [-0.4, -0.2) is 22.3 Å². The molecule has 3 rings (SSSR count). The van der Waals surface area contributed by atoms with Crippen molar-refractivity contribution >= 4 is 48.3 Å². The molecular formula is C16H23Cl2N5S. The number of nitrogen functional groups attached to an aromatic ring is 1. The van der Waals surface area contributed by atoms with Gasteiger partial charge in [-0.25, -0.2) is 4.98 Å². The molecule has 0 bridgehead atoms. The van der Waals surface area contributed by atoms with Crippen molar-refractivity contribution in [3.63, 3.8) is 0 Å². The maximum Gasteiger partial charge on any atom is 0.222 e. The molecule has 1 saturated carbocycles. The number of hydrogen-bond donors (Lipinski definition) is 3. The highest BCUT2D eigenvalue weighted by molar-refractivity contribution is 7.98. The molecule has 0 atom stereocenters. The van der Waals surface area contributed by atoms with Crippen LogP contribution < -0.4 is 16.8 Å². The highest BCUT2D eigenvalue weighted by Gasteiger charge is 2.29. The minimum atomic E-state index is 0. The van der Waals surface area contributed by atoms with Gasteiger partial charge >= 0.3 is 0 Å². The molecule has 5 N–H and O–H groups in total. The number of thioether (sulfide) groups is 1. The Bertz CT molecular complexity index is 665. The van der Waals surface area contributed by atoms with Gasteiger partial charge in [-0.3, -0.25) is 0 Å². The fraction of sp³-hybridized carbons (Fsp3) is 0.375. The van der Waals surface area contributed by atoms with Crippen molar-refractivity contribution in [1.82, 2.24) is 9.97 Å². The summed E-state index contributed by atoms with van der Waals surface area (Å²) < 4.78 is 0. The predicted octanol–water partition coefficient (Wildman–Crippen LogP) is 3.44. The van der Waals surface area contributed by atoms with Gasteiger partial charge in [-0.1, -0.05) is 12.1 Å². The Kier molecular flexibility index (Phi) is 8.09. The number of nitrogens with zero attached hydrogens (tertiary/aromatic N) is 2. The quantitative estimate of drug-likeness (QED) is 0.680. The Morgan fingerprint density at radius 3 is 2.62 bits per heavy atom. The van der Waals surface area contributed by atoms with Gasteiger partial charge in [-0.05, 0) is 36.8 Å². The molecule has 1 aromatic carbocycles. The van der Waals surface area contributed by atoms with Crippen molar-refractivity contribution in [2.24, 2.45) is 5.73 Å². The molecule has 8 heteroatoms. The molecule has 0 unspecified atom stereocenters. The fourth-order valence-corrected chi connectivity index (χ4v) is 3.15. The van der Waals surface area contributed by atoms with Crippen molar-refractivity contribution in [2.75, 3.05) is 17.3 Å². The van der Waals surface area contributed by atoms with Gasteiger partial charge in [0.05, 0.1) is 5.69 Å². The van der Waals surface area contributed by atoms with E-state index >= 15 is 0 Å². The Hall–Kier alpha value is -1.21. The molecule has 0 radical (unpaired) electrons. The van der Waals surface area contributed by atoms with Gasteiger partial charge in [0.1, 0.15) is 5.82 Å². The van der Waals surface area contributed by atoms with Crippen LogP contribution >= 0.6 is 36.6 Å². The molecule has 1 fully saturated rings. The van der Waals surface area contributed by atoms with Gasteiger partial charge < -0.3 is 16.8 Å². The fourth-order valence-electron chi connectivity index (χ4n) is 2.66. The number of nitrogens with one attached hydrogen (secondary N) is 1. The maximum absolute atomic E-state index is 5.85. The first-order valence-corrected chi connectivity index (χ1v) is 8.63. The maximum atomic E-state index is 5.85. The SMILES string of the molecule is CSc1cccc(CNc2cc(C3CC(N)C3)nc(N)n2)c1.Cl.Cl. The molecule has 5 nitrogen and oxygen atoms in total. The van der Waals surface area contributed by atoms with E-state index in [0.717, 1.165) is 24.4 Å². The topological polar surface area (TPSA) is 89.8 Å². The lowest BCUT2D eigenvalue weighted by molar-refractivity contribution is 0.345. The van der Waals surface area contributed by atoms with Crippen LogP contribution in [0.15, 0.2) is 35.2 Å². The smallest absolute Gasteiger partial charge is 0.222 e. The van der Waals surface area contributed by atoms with Crippen LogP contribution in [0.1, 0.15) is 30.0 Å². The minimum Gasteiger partial charge on any atom is -0.368 e. The highest BCUT2D eigenvalue weighted by Crippen LogP contribution is 2.35. The monoisotopic (exact) mass is 387 g/mol. The molecule has 0 aliphatic heterocycles. The van der Waals surface area contributed by atoms with Crippen molar-refractivity contribution < 1.29 is 0 Å². The summed E-state index contributed by atoms with van der Waals surface area (Å²) in [5.74, 6) is 1.51.